The summed E-state index contributed by atoms with van der Waals surface area (Å²) in [6, 6.07) is 15.0. The molecule has 0 spiro atoms. The molecule has 3 N–H and O–H groups in total. The molecule has 3 nitrogen and oxygen atoms in total. The van der Waals surface area contributed by atoms with Crippen LogP contribution in [0.4, 0.5) is 5.69 Å². The zero-order valence-electron chi connectivity index (χ0n) is 9.19. The number of rotatable bonds is 4. The Balaban J connectivity index is 1.95. The molecule has 0 aliphatic carbocycles. The number of hydrazine groups is 1. The van der Waals surface area contributed by atoms with E-state index in [4.69, 9.17) is 22.2 Å². The quantitative estimate of drug-likeness (QED) is 0.645. The summed E-state index contributed by atoms with van der Waals surface area (Å²) in [5, 5.41) is 0.729. The van der Waals surface area contributed by atoms with E-state index in [1.54, 1.807) is 0 Å². The van der Waals surface area contributed by atoms with Crippen LogP contribution in [0.5, 0.6) is 5.75 Å². The van der Waals surface area contributed by atoms with Gasteiger partial charge in [0.25, 0.3) is 0 Å². The smallest absolute Gasteiger partial charge is 0.119 e. The van der Waals surface area contributed by atoms with E-state index in [1.807, 2.05) is 48.5 Å². The van der Waals surface area contributed by atoms with Crippen LogP contribution in [-0.2, 0) is 6.61 Å². The molecule has 0 saturated heterocycles. The number of anilines is 1. The number of halogens is 1. The van der Waals surface area contributed by atoms with Crippen molar-refractivity contribution in [3.05, 3.63) is 59.1 Å². The van der Waals surface area contributed by atoms with E-state index < -0.39 is 0 Å². The zero-order chi connectivity index (χ0) is 12.1. The van der Waals surface area contributed by atoms with E-state index in [0.717, 1.165) is 22.0 Å². The van der Waals surface area contributed by atoms with Crippen LogP contribution in [0.1, 0.15) is 5.56 Å². The van der Waals surface area contributed by atoms with Crippen LogP contribution in [0.2, 0.25) is 5.02 Å². The maximum absolute atomic E-state index is 5.80. The van der Waals surface area contributed by atoms with Crippen LogP contribution >= 0.6 is 11.6 Å². The van der Waals surface area contributed by atoms with Crippen LogP contribution in [0.3, 0.4) is 0 Å². The van der Waals surface area contributed by atoms with E-state index in [2.05, 4.69) is 5.43 Å². The number of nitrogens with two attached hydrogens (primary N) is 1. The van der Waals surface area contributed by atoms with Gasteiger partial charge in [-0.1, -0.05) is 23.7 Å². The molecule has 88 valence electrons. The molecule has 2 aromatic rings. The lowest BCUT2D eigenvalue weighted by Gasteiger charge is -2.07. The monoisotopic (exact) mass is 248 g/mol. The van der Waals surface area contributed by atoms with Gasteiger partial charge >= 0.3 is 0 Å². The van der Waals surface area contributed by atoms with Gasteiger partial charge < -0.3 is 10.2 Å². The van der Waals surface area contributed by atoms with E-state index in [0.29, 0.717) is 6.61 Å². The molecule has 4 heteroatoms. The molecule has 0 unspecified atom stereocenters. The third kappa shape index (κ3) is 3.37. The van der Waals surface area contributed by atoms with Crippen LogP contribution in [0, 0.1) is 0 Å². The highest BCUT2D eigenvalue weighted by molar-refractivity contribution is 6.30. The first-order valence-electron chi connectivity index (χ1n) is 5.22. The first-order valence-corrected chi connectivity index (χ1v) is 5.59. The number of nitrogens with one attached hydrogen (secondary N) is 1. The van der Waals surface area contributed by atoms with Crippen molar-refractivity contribution in [2.24, 2.45) is 5.84 Å². The Hall–Kier alpha value is -1.71. The van der Waals surface area contributed by atoms with Gasteiger partial charge in [-0.2, -0.15) is 0 Å². The maximum atomic E-state index is 5.80. The lowest BCUT2D eigenvalue weighted by atomic mass is 10.2. The molecule has 0 aliphatic rings. The molecule has 2 rings (SSSR count). The summed E-state index contributed by atoms with van der Waals surface area (Å²) in [6.45, 7) is 0.520. The third-order valence-electron chi connectivity index (χ3n) is 2.34. The molecular weight excluding hydrogens is 236 g/mol. The Morgan fingerprint density at radius 1 is 1.00 bits per heavy atom. The van der Waals surface area contributed by atoms with Crippen molar-refractivity contribution >= 4 is 17.3 Å². The molecule has 0 aliphatic heterocycles. The molecule has 0 atom stereocenters. The molecule has 0 bridgehead atoms. The summed E-state index contributed by atoms with van der Waals surface area (Å²) >= 11 is 5.80. The fourth-order valence-corrected chi connectivity index (χ4v) is 1.52. The van der Waals surface area contributed by atoms with E-state index in [9.17, 15) is 0 Å². The van der Waals surface area contributed by atoms with Gasteiger partial charge in [0.05, 0.1) is 0 Å². The first kappa shape index (κ1) is 11.8. The molecule has 2 aromatic carbocycles. The average molecular weight is 249 g/mol. The van der Waals surface area contributed by atoms with Gasteiger partial charge in [-0.3, -0.25) is 5.84 Å². The zero-order valence-corrected chi connectivity index (χ0v) is 9.95. The third-order valence-corrected chi connectivity index (χ3v) is 2.59. The van der Waals surface area contributed by atoms with Crippen molar-refractivity contribution in [1.82, 2.24) is 0 Å². The summed E-state index contributed by atoms with van der Waals surface area (Å²) in [6.07, 6.45) is 0. The number of benzene rings is 2. The molecule has 17 heavy (non-hydrogen) atoms. The minimum Gasteiger partial charge on any atom is -0.489 e. The van der Waals surface area contributed by atoms with Gasteiger partial charge in [-0.25, -0.2) is 0 Å². The predicted molar refractivity (Wildman–Crippen MR) is 70.0 cm³/mol. The Bertz CT molecular complexity index is 468. The number of hydrogen-bond donors (Lipinski definition) is 2. The standard InChI is InChI=1S/C13H13ClN2O/c14-11-3-1-10(2-4-11)9-17-13-7-5-12(16-15)6-8-13/h1-8,16H,9,15H2. The van der Waals surface area contributed by atoms with Crippen molar-refractivity contribution in [1.29, 1.82) is 0 Å². The summed E-state index contributed by atoms with van der Waals surface area (Å²) in [5.41, 5.74) is 4.49. The van der Waals surface area contributed by atoms with Crippen molar-refractivity contribution in [2.45, 2.75) is 6.61 Å². The normalized spacial score (nSPS) is 10.0. The predicted octanol–water partition coefficient (Wildman–Crippen LogP) is 3.20. The van der Waals surface area contributed by atoms with Gasteiger partial charge in [0.15, 0.2) is 0 Å². The summed E-state index contributed by atoms with van der Waals surface area (Å²) in [5.74, 6) is 6.08. The van der Waals surface area contributed by atoms with Crippen molar-refractivity contribution in [3.8, 4) is 5.75 Å². The van der Waals surface area contributed by atoms with E-state index >= 15 is 0 Å². The van der Waals surface area contributed by atoms with Crippen molar-refractivity contribution < 1.29 is 4.74 Å². The van der Waals surface area contributed by atoms with E-state index in [1.165, 1.54) is 0 Å². The largest absolute Gasteiger partial charge is 0.489 e. The Morgan fingerprint density at radius 3 is 2.24 bits per heavy atom. The molecule has 0 saturated carbocycles. The molecular formula is C13H13ClN2O. The molecule has 0 aromatic heterocycles. The van der Waals surface area contributed by atoms with Gasteiger partial charge in [0.2, 0.25) is 0 Å². The maximum Gasteiger partial charge on any atom is 0.119 e. The average Bonchev–Trinajstić information content (AvgIpc) is 2.39. The molecule has 0 radical (unpaired) electrons. The number of hydrogen-bond acceptors (Lipinski definition) is 3. The lowest BCUT2D eigenvalue weighted by Crippen LogP contribution is -2.06. The number of nitrogen functional groups attached to an aromatic ring is 1. The van der Waals surface area contributed by atoms with Crippen molar-refractivity contribution in [2.75, 3.05) is 5.43 Å². The molecule has 0 amide bonds. The first-order chi connectivity index (χ1) is 8.28. The molecule has 0 heterocycles. The fraction of sp³-hybridized carbons (Fsp3) is 0.0769. The minimum atomic E-state index is 0.520. The van der Waals surface area contributed by atoms with Crippen LogP contribution in [0.25, 0.3) is 0 Å². The highest BCUT2D eigenvalue weighted by atomic mass is 35.5. The highest BCUT2D eigenvalue weighted by Crippen LogP contribution is 2.17. The lowest BCUT2D eigenvalue weighted by molar-refractivity contribution is 0.306. The van der Waals surface area contributed by atoms with Crippen LogP contribution < -0.4 is 16.0 Å². The van der Waals surface area contributed by atoms with Gasteiger partial charge in [-0.15, -0.1) is 0 Å². The fourth-order valence-electron chi connectivity index (χ4n) is 1.39. The van der Waals surface area contributed by atoms with Crippen molar-refractivity contribution in [3.63, 3.8) is 0 Å². The van der Waals surface area contributed by atoms with Crippen LogP contribution in [-0.4, -0.2) is 0 Å². The highest BCUT2D eigenvalue weighted by Gasteiger charge is 1.96. The number of ether oxygens (including phenoxy) is 1. The minimum absolute atomic E-state index is 0.520. The Morgan fingerprint density at radius 2 is 1.65 bits per heavy atom. The van der Waals surface area contributed by atoms with Gasteiger partial charge in [0.1, 0.15) is 12.4 Å². The Labute approximate surface area is 105 Å². The molecule has 0 fully saturated rings. The van der Waals surface area contributed by atoms with Gasteiger partial charge in [0, 0.05) is 10.7 Å². The van der Waals surface area contributed by atoms with E-state index in [-0.39, 0.29) is 0 Å². The summed E-state index contributed by atoms with van der Waals surface area (Å²) in [4.78, 5) is 0. The SMILES string of the molecule is NNc1ccc(OCc2ccc(Cl)cc2)cc1. The van der Waals surface area contributed by atoms with Gasteiger partial charge in [-0.05, 0) is 42.0 Å². The van der Waals surface area contributed by atoms with Crippen LogP contribution in [0.15, 0.2) is 48.5 Å². The second-order valence-corrected chi connectivity index (χ2v) is 4.02. The Kier molecular flexibility index (Phi) is 3.85. The summed E-state index contributed by atoms with van der Waals surface area (Å²) in [7, 11) is 0. The topological polar surface area (TPSA) is 47.3 Å². The second kappa shape index (κ2) is 5.57. The summed E-state index contributed by atoms with van der Waals surface area (Å²) < 4.78 is 5.62. The second-order valence-electron chi connectivity index (χ2n) is 3.58.